The molecule has 1 aromatic carbocycles. The number of carbonyl (C=O) groups is 2. The minimum absolute atomic E-state index is 0.357. The Morgan fingerprint density at radius 2 is 1.80 bits per heavy atom. The van der Waals surface area contributed by atoms with Crippen LogP contribution in [0.1, 0.15) is 16.1 Å². The largest absolute Gasteiger partial charge is 0.490 e. The Morgan fingerprint density at radius 3 is 2.32 bits per heavy atom. The first-order chi connectivity index (χ1) is 11.7. The van der Waals surface area contributed by atoms with Gasteiger partial charge < -0.3 is 20.7 Å². The zero-order valence-electron chi connectivity index (χ0n) is 13.0. The van der Waals surface area contributed by atoms with Gasteiger partial charge in [-0.25, -0.2) is 4.79 Å². The fourth-order valence-corrected chi connectivity index (χ4v) is 2.49. The molecule has 4 N–H and O–H groups in total. The van der Waals surface area contributed by atoms with Gasteiger partial charge in [0.1, 0.15) is 0 Å². The van der Waals surface area contributed by atoms with Crippen LogP contribution in [0.25, 0.3) is 11.3 Å². The molecule has 0 atom stereocenters. The number of benzene rings is 1. The van der Waals surface area contributed by atoms with E-state index in [1.807, 2.05) is 24.3 Å². The lowest BCUT2D eigenvalue weighted by Gasteiger charge is -2.19. The van der Waals surface area contributed by atoms with E-state index in [4.69, 9.17) is 15.6 Å². The normalized spacial score (nSPS) is 13.4. The first kappa shape index (κ1) is 18.5. The number of rotatable bonds is 2. The van der Waals surface area contributed by atoms with E-state index in [-0.39, 0.29) is 5.91 Å². The zero-order chi connectivity index (χ0) is 18.6. The molecule has 1 aromatic heterocycles. The molecule has 25 heavy (non-hydrogen) atoms. The number of primary amides is 1. The van der Waals surface area contributed by atoms with Gasteiger partial charge in [-0.3, -0.25) is 4.79 Å². The zero-order valence-corrected chi connectivity index (χ0v) is 13.0. The van der Waals surface area contributed by atoms with Crippen LogP contribution in [-0.4, -0.2) is 34.3 Å². The monoisotopic (exact) mass is 355 g/mol. The molecule has 0 saturated carbocycles. The summed E-state index contributed by atoms with van der Waals surface area (Å²) in [7, 11) is 0. The summed E-state index contributed by atoms with van der Waals surface area (Å²) in [6, 6.07) is 12.0. The molecule has 2 aromatic rings. The first-order valence-electron chi connectivity index (χ1n) is 7.30. The summed E-state index contributed by atoms with van der Waals surface area (Å²) in [6.07, 6.45) is -5.08. The minimum Gasteiger partial charge on any atom is -0.475 e. The Morgan fingerprint density at radius 1 is 1.20 bits per heavy atom. The second-order valence-electron chi connectivity index (χ2n) is 5.25. The summed E-state index contributed by atoms with van der Waals surface area (Å²) < 4.78 is 33.9. The Balaban J connectivity index is 0.000000277. The highest BCUT2D eigenvalue weighted by molar-refractivity contribution is 5.95. The van der Waals surface area contributed by atoms with Crippen LogP contribution in [0.15, 0.2) is 36.4 Å². The fraction of sp³-hybridized carbons (Fsp3) is 0.250. The number of carboxylic acids is 1. The van der Waals surface area contributed by atoms with E-state index in [2.05, 4.69) is 22.0 Å². The molecule has 6 nitrogen and oxygen atoms in total. The third kappa shape index (κ3) is 4.38. The van der Waals surface area contributed by atoms with Gasteiger partial charge in [-0.15, -0.1) is 0 Å². The highest BCUT2D eigenvalue weighted by Crippen LogP contribution is 2.27. The Bertz CT molecular complexity index is 770. The number of aromatic nitrogens is 1. The van der Waals surface area contributed by atoms with Crippen LogP contribution in [0, 0.1) is 0 Å². The number of nitrogens with two attached hydrogens (primary N) is 1. The van der Waals surface area contributed by atoms with Crippen LogP contribution in [0.3, 0.4) is 0 Å². The number of hydrogen-bond acceptors (Lipinski definition) is 3. The number of halogens is 3. The van der Waals surface area contributed by atoms with Crippen molar-refractivity contribution in [2.24, 2.45) is 5.73 Å². The first-order valence-corrected chi connectivity index (χ1v) is 7.30. The maximum Gasteiger partial charge on any atom is 0.490 e. The van der Waals surface area contributed by atoms with Crippen molar-refractivity contribution >= 4 is 11.9 Å². The van der Waals surface area contributed by atoms with E-state index in [1.165, 1.54) is 0 Å². The number of fused-ring (bicyclic) bond motifs is 1. The summed E-state index contributed by atoms with van der Waals surface area (Å²) in [5.74, 6) is -3.11. The minimum atomic E-state index is -5.08. The van der Waals surface area contributed by atoms with Gasteiger partial charge in [-0.1, -0.05) is 30.3 Å². The van der Waals surface area contributed by atoms with E-state index in [0.29, 0.717) is 12.1 Å². The molecule has 134 valence electrons. The van der Waals surface area contributed by atoms with Gasteiger partial charge in [0.2, 0.25) is 0 Å². The van der Waals surface area contributed by atoms with Crippen molar-refractivity contribution in [3.63, 3.8) is 0 Å². The molecule has 3 rings (SSSR count). The van der Waals surface area contributed by atoms with Crippen LogP contribution in [0.5, 0.6) is 0 Å². The molecule has 2 heterocycles. The van der Waals surface area contributed by atoms with Gasteiger partial charge in [-0.2, -0.15) is 13.2 Å². The second-order valence-corrected chi connectivity index (χ2v) is 5.25. The topological polar surface area (TPSA) is 97.4 Å². The van der Waals surface area contributed by atoms with Crippen molar-refractivity contribution in [2.75, 3.05) is 6.54 Å². The molecule has 0 saturated heterocycles. The van der Waals surface area contributed by atoms with Gasteiger partial charge in [0.15, 0.2) is 0 Å². The lowest BCUT2D eigenvalue weighted by molar-refractivity contribution is -0.192. The van der Waals surface area contributed by atoms with Gasteiger partial charge in [0, 0.05) is 31.0 Å². The number of alkyl halides is 3. The lowest BCUT2D eigenvalue weighted by Crippen LogP contribution is -2.29. The van der Waals surface area contributed by atoms with E-state index in [1.54, 1.807) is 0 Å². The van der Waals surface area contributed by atoms with E-state index in [9.17, 15) is 18.0 Å². The third-order valence-corrected chi connectivity index (χ3v) is 3.59. The summed E-state index contributed by atoms with van der Waals surface area (Å²) in [5.41, 5.74) is 9.26. The number of aliphatic carboxylic acids is 1. The van der Waals surface area contributed by atoms with Crippen molar-refractivity contribution in [2.45, 2.75) is 19.3 Å². The average Bonchev–Trinajstić information content (AvgIpc) is 2.95. The quantitative estimate of drug-likeness (QED) is 0.767. The van der Waals surface area contributed by atoms with Crippen molar-refractivity contribution in [1.82, 2.24) is 9.88 Å². The van der Waals surface area contributed by atoms with Crippen LogP contribution >= 0.6 is 0 Å². The molecule has 1 aliphatic heterocycles. The van der Waals surface area contributed by atoms with Crippen molar-refractivity contribution in [1.29, 1.82) is 0 Å². The predicted octanol–water partition coefficient (Wildman–Crippen LogP) is 1.99. The van der Waals surface area contributed by atoms with Crippen molar-refractivity contribution in [3.8, 4) is 11.3 Å². The van der Waals surface area contributed by atoms with E-state index in [0.717, 1.165) is 30.0 Å². The molecule has 0 unspecified atom stereocenters. The van der Waals surface area contributed by atoms with Gasteiger partial charge in [-0.05, 0) is 11.6 Å². The molecule has 0 radical (unpaired) electrons. The average molecular weight is 355 g/mol. The number of hydrogen-bond donors (Lipinski definition) is 3. The molecule has 0 bridgehead atoms. The number of amides is 1. The highest BCUT2D eigenvalue weighted by Gasteiger charge is 2.38. The fourth-order valence-electron chi connectivity index (χ4n) is 2.49. The van der Waals surface area contributed by atoms with Gasteiger partial charge in [0.05, 0.1) is 5.56 Å². The Labute approximate surface area is 141 Å². The van der Waals surface area contributed by atoms with Crippen LogP contribution in [-0.2, 0) is 17.9 Å². The second kappa shape index (κ2) is 7.39. The maximum absolute atomic E-state index is 11.5. The maximum atomic E-state index is 11.5. The summed E-state index contributed by atoms with van der Waals surface area (Å²) in [4.78, 5) is 20.4. The SMILES string of the molecule is NC(=O)c1cc(-c2ccccc2)n2c1CNCC2.O=C(O)C(F)(F)F. The highest BCUT2D eigenvalue weighted by atomic mass is 19.4. The molecular formula is C16H16F3N3O3. The van der Waals surface area contributed by atoms with Crippen molar-refractivity contribution in [3.05, 3.63) is 47.7 Å². The summed E-state index contributed by atoms with van der Waals surface area (Å²) >= 11 is 0. The molecule has 0 aliphatic carbocycles. The van der Waals surface area contributed by atoms with E-state index < -0.39 is 12.1 Å². The predicted molar refractivity (Wildman–Crippen MR) is 83.8 cm³/mol. The molecule has 0 spiro atoms. The number of carboxylic acid groups (broad SMARTS) is 1. The number of nitrogens with zero attached hydrogens (tertiary/aromatic N) is 1. The van der Waals surface area contributed by atoms with Gasteiger partial charge in [0.25, 0.3) is 5.91 Å². The van der Waals surface area contributed by atoms with Gasteiger partial charge >= 0.3 is 12.1 Å². The molecular weight excluding hydrogens is 339 g/mol. The molecule has 9 heteroatoms. The van der Waals surface area contributed by atoms with E-state index >= 15 is 0 Å². The van der Waals surface area contributed by atoms with Crippen molar-refractivity contribution < 1.29 is 27.9 Å². The third-order valence-electron chi connectivity index (χ3n) is 3.59. The molecule has 0 fully saturated rings. The number of nitrogens with one attached hydrogen (secondary N) is 1. The lowest BCUT2D eigenvalue weighted by atomic mass is 10.1. The summed E-state index contributed by atoms with van der Waals surface area (Å²) in [6.45, 7) is 2.48. The Hall–Kier alpha value is -2.81. The number of carbonyl (C=O) groups excluding carboxylic acids is 1. The summed E-state index contributed by atoms with van der Waals surface area (Å²) in [5, 5.41) is 10.4. The van der Waals surface area contributed by atoms with Crippen LogP contribution < -0.4 is 11.1 Å². The van der Waals surface area contributed by atoms with Crippen LogP contribution in [0.2, 0.25) is 0 Å². The Kier molecular flexibility index (Phi) is 5.48. The smallest absolute Gasteiger partial charge is 0.475 e. The molecule has 1 aliphatic rings. The van der Waals surface area contributed by atoms with Crippen LogP contribution in [0.4, 0.5) is 13.2 Å². The standard InChI is InChI=1S/C14H15N3O.C2HF3O2/c15-14(18)11-8-12(10-4-2-1-3-5-10)17-7-6-16-9-13(11)17;3-2(4,5)1(6)7/h1-5,8,16H,6-7,9H2,(H2,15,18);(H,6,7). The molecule has 1 amide bonds.